The van der Waals surface area contributed by atoms with Crippen LogP contribution in [0.1, 0.15) is 5.56 Å². The second kappa shape index (κ2) is 5.04. The molecular weight excluding hydrogens is 262 g/mol. The van der Waals surface area contributed by atoms with Crippen LogP contribution in [0.3, 0.4) is 0 Å². The zero-order valence-electron chi connectivity index (χ0n) is 10.4. The van der Waals surface area contributed by atoms with E-state index in [0.29, 0.717) is 12.2 Å². The summed E-state index contributed by atoms with van der Waals surface area (Å²) in [6, 6.07) is 8.64. The van der Waals surface area contributed by atoms with Crippen LogP contribution >= 0.6 is 0 Å². The highest BCUT2D eigenvalue weighted by Gasteiger charge is 2.16. The molecule has 1 N–H and O–H groups in total. The molecule has 3 rings (SSSR count). The van der Waals surface area contributed by atoms with Crippen LogP contribution in [-0.4, -0.2) is 16.7 Å². The number of nitrogens with one attached hydrogen (secondary N) is 1. The predicted molar refractivity (Wildman–Crippen MR) is 70.8 cm³/mol. The van der Waals surface area contributed by atoms with E-state index in [1.165, 1.54) is 12.3 Å². The molecule has 1 aromatic carbocycles. The number of para-hydroxylation sites is 1. The van der Waals surface area contributed by atoms with Crippen molar-refractivity contribution in [2.75, 3.05) is 12.1 Å². The van der Waals surface area contributed by atoms with E-state index >= 15 is 0 Å². The van der Waals surface area contributed by atoms with Gasteiger partial charge in [-0.1, -0.05) is 12.1 Å². The van der Waals surface area contributed by atoms with Crippen LogP contribution < -0.4 is 14.8 Å². The summed E-state index contributed by atoms with van der Waals surface area (Å²) in [6.07, 6.45) is 1.43. The van der Waals surface area contributed by atoms with Gasteiger partial charge in [0.1, 0.15) is 0 Å². The lowest BCUT2D eigenvalue weighted by Crippen LogP contribution is -2.02. The summed E-state index contributed by atoms with van der Waals surface area (Å²) < 4.78 is 10.7. The molecule has 20 heavy (non-hydrogen) atoms. The van der Waals surface area contributed by atoms with Crippen LogP contribution in [0.2, 0.25) is 0 Å². The molecule has 0 atom stereocenters. The second-order valence-corrected chi connectivity index (χ2v) is 4.17. The Morgan fingerprint density at radius 1 is 1.30 bits per heavy atom. The largest absolute Gasteiger partial charge is 0.454 e. The third kappa shape index (κ3) is 2.33. The number of anilines is 1. The molecule has 102 valence electrons. The summed E-state index contributed by atoms with van der Waals surface area (Å²) >= 11 is 0. The summed E-state index contributed by atoms with van der Waals surface area (Å²) in [7, 11) is 0. The van der Waals surface area contributed by atoms with Gasteiger partial charge in [0, 0.05) is 18.2 Å². The number of nitrogens with zero attached hydrogens (tertiary/aromatic N) is 2. The van der Waals surface area contributed by atoms with E-state index in [2.05, 4.69) is 10.3 Å². The molecule has 0 amide bonds. The van der Waals surface area contributed by atoms with E-state index in [-0.39, 0.29) is 12.6 Å². The number of hydrogen-bond acceptors (Lipinski definition) is 6. The first-order valence-corrected chi connectivity index (χ1v) is 5.96. The monoisotopic (exact) mass is 273 g/mol. The Morgan fingerprint density at radius 2 is 2.20 bits per heavy atom. The number of ether oxygens (including phenoxy) is 2. The van der Waals surface area contributed by atoms with Gasteiger partial charge in [-0.15, -0.1) is 0 Å². The van der Waals surface area contributed by atoms with Gasteiger partial charge in [0.2, 0.25) is 6.79 Å². The Bertz CT molecular complexity index is 643. The van der Waals surface area contributed by atoms with Crippen LogP contribution in [0.4, 0.5) is 11.5 Å². The fraction of sp³-hybridized carbons (Fsp3) is 0.154. The first kappa shape index (κ1) is 12.2. The number of pyridine rings is 1. The van der Waals surface area contributed by atoms with Crippen molar-refractivity contribution in [1.82, 2.24) is 4.98 Å². The van der Waals surface area contributed by atoms with Crippen molar-refractivity contribution < 1.29 is 14.4 Å². The van der Waals surface area contributed by atoms with Crippen molar-refractivity contribution in [3.63, 3.8) is 0 Å². The highest BCUT2D eigenvalue weighted by Crippen LogP contribution is 2.35. The van der Waals surface area contributed by atoms with Crippen LogP contribution in [0.25, 0.3) is 0 Å². The van der Waals surface area contributed by atoms with E-state index in [4.69, 9.17) is 9.47 Å². The van der Waals surface area contributed by atoms with Gasteiger partial charge in [-0.2, -0.15) is 0 Å². The molecule has 7 nitrogen and oxygen atoms in total. The fourth-order valence-electron chi connectivity index (χ4n) is 1.93. The average molecular weight is 273 g/mol. The van der Waals surface area contributed by atoms with Crippen LogP contribution in [-0.2, 0) is 6.54 Å². The summed E-state index contributed by atoms with van der Waals surface area (Å²) in [6.45, 7) is 0.747. The van der Waals surface area contributed by atoms with Gasteiger partial charge in [-0.05, 0) is 22.0 Å². The van der Waals surface area contributed by atoms with Gasteiger partial charge in [-0.3, -0.25) is 0 Å². The van der Waals surface area contributed by atoms with Crippen molar-refractivity contribution in [1.29, 1.82) is 0 Å². The third-order valence-electron chi connectivity index (χ3n) is 2.90. The van der Waals surface area contributed by atoms with Crippen molar-refractivity contribution >= 4 is 11.5 Å². The van der Waals surface area contributed by atoms with Gasteiger partial charge in [0.25, 0.3) is 0 Å². The molecule has 1 aliphatic heterocycles. The lowest BCUT2D eigenvalue weighted by Gasteiger charge is -2.07. The summed E-state index contributed by atoms with van der Waals surface area (Å²) in [5.41, 5.74) is 1.66. The van der Waals surface area contributed by atoms with Crippen LogP contribution in [0, 0.1) is 10.1 Å². The Kier molecular flexibility index (Phi) is 3.08. The predicted octanol–water partition coefficient (Wildman–Crippen LogP) is 2.33. The molecule has 0 spiro atoms. The molecule has 1 aliphatic rings. The molecule has 0 saturated carbocycles. The smallest absolute Gasteiger partial charge is 0.363 e. The maximum Gasteiger partial charge on any atom is 0.363 e. The summed E-state index contributed by atoms with van der Waals surface area (Å²) in [5, 5.41) is 13.6. The van der Waals surface area contributed by atoms with Crippen LogP contribution in [0.15, 0.2) is 36.5 Å². The highest BCUT2D eigenvalue weighted by atomic mass is 16.7. The maximum absolute atomic E-state index is 10.5. The van der Waals surface area contributed by atoms with Gasteiger partial charge in [0.05, 0.1) is 5.69 Å². The first-order chi connectivity index (χ1) is 9.74. The maximum atomic E-state index is 10.5. The van der Waals surface area contributed by atoms with Crippen molar-refractivity contribution in [3.8, 4) is 11.5 Å². The molecule has 0 aliphatic carbocycles. The topological polar surface area (TPSA) is 86.5 Å². The van der Waals surface area contributed by atoms with E-state index in [0.717, 1.165) is 17.1 Å². The van der Waals surface area contributed by atoms with Crippen molar-refractivity contribution in [3.05, 3.63) is 52.2 Å². The highest BCUT2D eigenvalue weighted by molar-refractivity contribution is 5.51. The number of nitro groups is 1. The molecule has 7 heteroatoms. The molecule has 0 radical (unpaired) electrons. The van der Waals surface area contributed by atoms with Gasteiger partial charge < -0.3 is 24.9 Å². The number of aromatic nitrogens is 1. The Labute approximate surface area is 114 Å². The fourth-order valence-corrected chi connectivity index (χ4v) is 1.93. The average Bonchev–Trinajstić information content (AvgIpc) is 2.94. The zero-order valence-corrected chi connectivity index (χ0v) is 10.4. The third-order valence-corrected chi connectivity index (χ3v) is 2.90. The Hall–Kier alpha value is -2.83. The molecular formula is C13H11N3O4. The molecule has 1 aromatic heterocycles. The Morgan fingerprint density at radius 3 is 2.95 bits per heavy atom. The van der Waals surface area contributed by atoms with Gasteiger partial charge in [0.15, 0.2) is 17.7 Å². The van der Waals surface area contributed by atoms with Crippen LogP contribution in [0.5, 0.6) is 11.5 Å². The van der Waals surface area contributed by atoms with Crippen molar-refractivity contribution in [2.45, 2.75) is 6.54 Å². The SMILES string of the molecule is O=[N+]([O-])c1ccc(NCc2cccc3c2OCO3)cn1. The van der Waals surface area contributed by atoms with E-state index in [1.54, 1.807) is 6.07 Å². The van der Waals surface area contributed by atoms with Gasteiger partial charge >= 0.3 is 5.82 Å². The number of fused-ring (bicyclic) bond motifs is 1. The first-order valence-electron chi connectivity index (χ1n) is 5.96. The number of benzene rings is 1. The summed E-state index contributed by atoms with van der Waals surface area (Å²) in [5.74, 6) is 1.29. The van der Waals surface area contributed by atoms with Crippen molar-refractivity contribution in [2.24, 2.45) is 0 Å². The molecule has 2 aromatic rings. The number of rotatable bonds is 4. The minimum absolute atomic E-state index is 0.173. The normalized spacial score (nSPS) is 12.2. The molecule has 0 bridgehead atoms. The minimum Gasteiger partial charge on any atom is -0.454 e. The number of hydrogen-bond donors (Lipinski definition) is 1. The lowest BCUT2D eigenvalue weighted by atomic mass is 10.2. The summed E-state index contributed by atoms with van der Waals surface area (Å²) in [4.78, 5) is 13.7. The molecule has 2 heterocycles. The van der Waals surface area contributed by atoms with Gasteiger partial charge in [-0.25, -0.2) is 0 Å². The molecule has 0 fully saturated rings. The quantitative estimate of drug-likeness (QED) is 0.679. The lowest BCUT2D eigenvalue weighted by molar-refractivity contribution is -0.389. The zero-order chi connectivity index (χ0) is 13.9. The molecule has 0 saturated heterocycles. The minimum atomic E-state index is -0.529. The van der Waals surface area contributed by atoms with E-state index in [1.807, 2.05) is 18.2 Å². The van der Waals surface area contributed by atoms with E-state index in [9.17, 15) is 10.1 Å². The van der Waals surface area contributed by atoms with E-state index < -0.39 is 4.92 Å². The standard InChI is InChI=1S/C13H11N3O4/c17-16(18)12-5-4-10(7-15-12)14-6-9-2-1-3-11-13(9)20-8-19-11/h1-5,7,14H,6,8H2. The Balaban J connectivity index is 1.71. The molecule has 0 unspecified atom stereocenters. The second-order valence-electron chi connectivity index (χ2n) is 4.17.